The minimum absolute atomic E-state index is 0.783. The molecular weight excluding hydrogens is 218 g/mol. The highest BCUT2D eigenvalue weighted by Crippen LogP contribution is 2.17. The molecule has 0 radical (unpaired) electrons. The van der Waals surface area contributed by atoms with E-state index < -0.39 is 0 Å². The molecule has 4 heteroatoms. The Labute approximate surface area is 99.5 Å². The number of anilines is 1. The van der Waals surface area contributed by atoms with Crippen LogP contribution >= 0.6 is 11.3 Å². The van der Waals surface area contributed by atoms with E-state index in [-0.39, 0.29) is 0 Å². The predicted molar refractivity (Wildman–Crippen MR) is 68.8 cm³/mol. The van der Waals surface area contributed by atoms with Crippen molar-refractivity contribution in [2.45, 2.75) is 20.0 Å². The zero-order chi connectivity index (χ0) is 11.4. The summed E-state index contributed by atoms with van der Waals surface area (Å²) in [5.74, 6) is 0.896. The standard InChI is InChI=1S/C12H15N3S/c1-3-6-15-7-5-13-12(15)14-9-11-10(2)4-8-16-11/h3-5,7-8H,1,6,9H2,2H3,(H,13,14). The molecule has 0 saturated carbocycles. The lowest BCUT2D eigenvalue weighted by atomic mass is 10.3. The van der Waals surface area contributed by atoms with E-state index in [0.717, 1.165) is 19.0 Å². The summed E-state index contributed by atoms with van der Waals surface area (Å²) in [5.41, 5.74) is 1.33. The highest BCUT2D eigenvalue weighted by Gasteiger charge is 2.03. The van der Waals surface area contributed by atoms with Gasteiger partial charge in [-0.3, -0.25) is 0 Å². The maximum Gasteiger partial charge on any atom is 0.203 e. The van der Waals surface area contributed by atoms with Crippen molar-refractivity contribution in [3.8, 4) is 0 Å². The molecule has 1 N–H and O–H groups in total. The third-order valence-electron chi connectivity index (χ3n) is 2.42. The van der Waals surface area contributed by atoms with Crippen LogP contribution in [0.15, 0.2) is 36.5 Å². The van der Waals surface area contributed by atoms with Crippen molar-refractivity contribution < 1.29 is 0 Å². The van der Waals surface area contributed by atoms with Gasteiger partial charge in [-0.15, -0.1) is 17.9 Å². The van der Waals surface area contributed by atoms with Crippen LogP contribution in [0.2, 0.25) is 0 Å². The van der Waals surface area contributed by atoms with Crippen LogP contribution in [-0.2, 0) is 13.1 Å². The molecule has 0 aromatic carbocycles. The van der Waals surface area contributed by atoms with Gasteiger partial charge in [0.15, 0.2) is 0 Å². The average Bonchev–Trinajstić information content (AvgIpc) is 2.86. The van der Waals surface area contributed by atoms with Gasteiger partial charge in [-0.1, -0.05) is 6.08 Å². The number of nitrogens with zero attached hydrogens (tertiary/aromatic N) is 2. The smallest absolute Gasteiger partial charge is 0.203 e. The van der Waals surface area contributed by atoms with Crippen molar-refractivity contribution in [2.24, 2.45) is 0 Å². The van der Waals surface area contributed by atoms with Gasteiger partial charge < -0.3 is 9.88 Å². The molecule has 84 valence electrons. The molecule has 0 aliphatic carbocycles. The van der Waals surface area contributed by atoms with E-state index in [0.29, 0.717) is 0 Å². The quantitative estimate of drug-likeness (QED) is 0.804. The Morgan fingerprint density at radius 1 is 1.62 bits per heavy atom. The predicted octanol–water partition coefficient (Wildman–Crippen LogP) is 3.05. The maximum absolute atomic E-state index is 4.27. The Kier molecular flexibility index (Phi) is 3.41. The van der Waals surface area contributed by atoms with Crippen LogP contribution in [0.1, 0.15) is 10.4 Å². The molecule has 0 atom stereocenters. The lowest BCUT2D eigenvalue weighted by Crippen LogP contribution is -2.06. The number of rotatable bonds is 5. The van der Waals surface area contributed by atoms with Gasteiger partial charge in [0.2, 0.25) is 5.95 Å². The van der Waals surface area contributed by atoms with Crippen LogP contribution in [0.4, 0.5) is 5.95 Å². The molecule has 0 unspecified atom stereocenters. The Hall–Kier alpha value is -1.55. The number of hydrogen-bond acceptors (Lipinski definition) is 3. The summed E-state index contributed by atoms with van der Waals surface area (Å²) < 4.78 is 2.04. The topological polar surface area (TPSA) is 29.9 Å². The Bertz CT molecular complexity index is 470. The minimum Gasteiger partial charge on any atom is -0.351 e. The Balaban J connectivity index is 2.02. The molecule has 0 saturated heterocycles. The molecule has 2 heterocycles. The highest BCUT2D eigenvalue weighted by molar-refractivity contribution is 7.10. The molecule has 0 fully saturated rings. The number of hydrogen-bond donors (Lipinski definition) is 1. The van der Waals surface area contributed by atoms with Gasteiger partial charge in [0.1, 0.15) is 0 Å². The zero-order valence-corrected chi connectivity index (χ0v) is 10.1. The third kappa shape index (κ3) is 2.33. The average molecular weight is 233 g/mol. The number of thiophene rings is 1. The van der Waals surface area contributed by atoms with Gasteiger partial charge in [-0.25, -0.2) is 4.98 Å². The molecule has 2 aromatic heterocycles. The van der Waals surface area contributed by atoms with Crippen LogP contribution in [0.3, 0.4) is 0 Å². The molecular formula is C12H15N3S. The second-order valence-electron chi connectivity index (χ2n) is 3.57. The molecule has 0 aliphatic heterocycles. The summed E-state index contributed by atoms with van der Waals surface area (Å²) in [6.45, 7) is 7.47. The van der Waals surface area contributed by atoms with E-state index in [1.807, 2.05) is 16.8 Å². The molecule has 0 spiro atoms. The number of aromatic nitrogens is 2. The van der Waals surface area contributed by atoms with E-state index in [9.17, 15) is 0 Å². The van der Waals surface area contributed by atoms with Crippen molar-refractivity contribution in [1.82, 2.24) is 9.55 Å². The zero-order valence-electron chi connectivity index (χ0n) is 9.31. The van der Waals surface area contributed by atoms with Crippen molar-refractivity contribution in [3.05, 3.63) is 46.9 Å². The number of aryl methyl sites for hydroxylation is 1. The lowest BCUT2D eigenvalue weighted by molar-refractivity contribution is 0.820. The second-order valence-corrected chi connectivity index (χ2v) is 4.57. The summed E-state index contributed by atoms with van der Waals surface area (Å²) >= 11 is 1.77. The van der Waals surface area contributed by atoms with Crippen LogP contribution < -0.4 is 5.32 Å². The fourth-order valence-electron chi connectivity index (χ4n) is 1.51. The number of allylic oxidation sites excluding steroid dienone is 1. The Morgan fingerprint density at radius 2 is 2.50 bits per heavy atom. The second kappa shape index (κ2) is 4.99. The molecule has 2 aromatic rings. The van der Waals surface area contributed by atoms with E-state index in [2.05, 4.69) is 35.2 Å². The van der Waals surface area contributed by atoms with Crippen molar-refractivity contribution in [1.29, 1.82) is 0 Å². The summed E-state index contributed by atoms with van der Waals surface area (Å²) in [6, 6.07) is 2.14. The van der Waals surface area contributed by atoms with Gasteiger partial charge in [-0.05, 0) is 23.9 Å². The fraction of sp³-hybridized carbons (Fsp3) is 0.250. The first-order valence-electron chi connectivity index (χ1n) is 5.20. The Morgan fingerprint density at radius 3 is 3.19 bits per heavy atom. The van der Waals surface area contributed by atoms with Gasteiger partial charge in [0.05, 0.1) is 6.54 Å². The van der Waals surface area contributed by atoms with Crippen molar-refractivity contribution in [2.75, 3.05) is 5.32 Å². The van der Waals surface area contributed by atoms with E-state index >= 15 is 0 Å². The normalized spacial score (nSPS) is 10.3. The van der Waals surface area contributed by atoms with Crippen LogP contribution in [0.5, 0.6) is 0 Å². The lowest BCUT2D eigenvalue weighted by Gasteiger charge is -2.07. The summed E-state index contributed by atoms with van der Waals surface area (Å²) in [6.07, 6.45) is 5.61. The first-order chi connectivity index (χ1) is 7.81. The summed E-state index contributed by atoms with van der Waals surface area (Å²) in [7, 11) is 0. The van der Waals surface area contributed by atoms with Crippen LogP contribution in [0, 0.1) is 6.92 Å². The molecule has 0 aliphatic rings. The molecule has 16 heavy (non-hydrogen) atoms. The first kappa shape index (κ1) is 11.0. The van der Waals surface area contributed by atoms with Crippen LogP contribution in [-0.4, -0.2) is 9.55 Å². The fourth-order valence-corrected chi connectivity index (χ4v) is 2.35. The third-order valence-corrected chi connectivity index (χ3v) is 3.44. The van der Waals surface area contributed by atoms with E-state index in [4.69, 9.17) is 0 Å². The van der Waals surface area contributed by atoms with Gasteiger partial charge in [-0.2, -0.15) is 0 Å². The van der Waals surface area contributed by atoms with Crippen molar-refractivity contribution >= 4 is 17.3 Å². The van der Waals surface area contributed by atoms with Gasteiger partial charge >= 0.3 is 0 Å². The summed E-state index contributed by atoms with van der Waals surface area (Å²) in [5, 5.41) is 5.45. The van der Waals surface area contributed by atoms with Crippen LogP contribution in [0.25, 0.3) is 0 Å². The highest BCUT2D eigenvalue weighted by atomic mass is 32.1. The number of imidazole rings is 1. The first-order valence-corrected chi connectivity index (χ1v) is 6.08. The summed E-state index contributed by atoms with van der Waals surface area (Å²) in [4.78, 5) is 5.63. The SMILES string of the molecule is C=CCn1ccnc1NCc1sccc1C. The van der Waals surface area contributed by atoms with E-state index in [1.165, 1.54) is 10.4 Å². The maximum atomic E-state index is 4.27. The largest absolute Gasteiger partial charge is 0.351 e. The minimum atomic E-state index is 0.783. The monoisotopic (exact) mass is 233 g/mol. The molecule has 0 bridgehead atoms. The van der Waals surface area contributed by atoms with Crippen molar-refractivity contribution in [3.63, 3.8) is 0 Å². The van der Waals surface area contributed by atoms with E-state index in [1.54, 1.807) is 17.5 Å². The number of nitrogens with one attached hydrogen (secondary N) is 1. The van der Waals surface area contributed by atoms with Gasteiger partial charge in [0, 0.05) is 23.8 Å². The molecule has 2 rings (SSSR count). The molecule has 3 nitrogen and oxygen atoms in total. The molecule has 0 amide bonds. The van der Waals surface area contributed by atoms with Gasteiger partial charge in [0.25, 0.3) is 0 Å².